The van der Waals surface area contributed by atoms with Crippen LogP contribution in [0.25, 0.3) is 0 Å². The third-order valence-electron chi connectivity index (χ3n) is 2.94. The summed E-state index contributed by atoms with van der Waals surface area (Å²) in [5.41, 5.74) is 7.82. The highest BCUT2D eigenvalue weighted by molar-refractivity contribution is 6.09. The van der Waals surface area contributed by atoms with E-state index in [1.807, 2.05) is 12.1 Å². The van der Waals surface area contributed by atoms with Crippen molar-refractivity contribution in [3.05, 3.63) is 65.0 Å². The zero-order valence-electron chi connectivity index (χ0n) is 10.8. The monoisotopic (exact) mass is 257 g/mol. The Morgan fingerprint density at radius 1 is 1.11 bits per heavy atom. The summed E-state index contributed by atoms with van der Waals surface area (Å²) in [6.45, 7) is 2.11. The summed E-state index contributed by atoms with van der Waals surface area (Å²) in [5.74, 6) is -0.708. The van der Waals surface area contributed by atoms with Gasteiger partial charge in [0.2, 0.25) is 0 Å². The van der Waals surface area contributed by atoms with Gasteiger partial charge in [-0.15, -0.1) is 0 Å². The Kier molecular flexibility index (Phi) is 3.95. The summed E-state index contributed by atoms with van der Waals surface area (Å²) in [7, 11) is 0. The number of benzene rings is 2. The van der Waals surface area contributed by atoms with E-state index in [0.717, 1.165) is 12.8 Å². The molecule has 0 spiro atoms. The lowest BCUT2D eigenvalue weighted by Crippen LogP contribution is -2.03. The molecule has 2 rings (SSSR count). The quantitative estimate of drug-likeness (QED) is 0.672. The van der Waals surface area contributed by atoms with Gasteiger partial charge in [-0.1, -0.05) is 37.6 Å². The number of anilines is 1. The third kappa shape index (κ3) is 3.19. The number of carbonyl (C=O) groups is 1. The average molecular weight is 257 g/mol. The van der Waals surface area contributed by atoms with Gasteiger partial charge in [-0.05, 0) is 30.2 Å². The van der Waals surface area contributed by atoms with Gasteiger partial charge in [-0.2, -0.15) is 0 Å². The number of carbonyl (C=O) groups excluding carboxylic acids is 1. The van der Waals surface area contributed by atoms with E-state index in [0.29, 0.717) is 5.56 Å². The van der Waals surface area contributed by atoms with E-state index in [1.54, 1.807) is 12.1 Å². The van der Waals surface area contributed by atoms with Gasteiger partial charge in [-0.25, -0.2) is 4.39 Å². The Morgan fingerprint density at radius 2 is 1.79 bits per heavy atom. The summed E-state index contributed by atoms with van der Waals surface area (Å²) in [4.78, 5) is 12.2. The average Bonchev–Trinajstić information content (AvgIpc) is 2.38. The molecule has 0 atom stereocenters. The van der Waals surface area contributed by atoms with E-state index < -0.39 is 5.82 Å². The molecule has 0 aliphatic rings. The van der Waals surface area contributed by atoms with Crippen molar-refractivity contribution >= 4 is 11.5 Å². The number of hydrogen-bond donors (Lipinski definition) is 1. The number of hydrogen-bond acceptors (Lipinski definition) is 2. The van der Waals surface area contributed by atoms with Crippen LogP contribution in [0.4, 0.5) is 10.1 Å². The highest BCUT2D eigenvalue weighted by atomic mass is 19.1. The smallest absolute Gasteiger partial charge is 0.193 e. The Labute approximate surface area is 112 Å². The second kappa shape index (κ2) is 5.65. The first-order valence-corrected chi connectivity index (χ1v) is 6.30. The Bertz CT molecular complexity index is 570. The van der Waals surface area contributed by atoms with Crippen molar-refractivity contribution in [3.63, 3.8) is 0 Å². The molecule has 0 fully saturated rings. The van der Waals surface area contributed by atoms with E-state index >= 15 is 0 Å². The molecule has 0 radical (unpaired) electrons. The van der Waals surface area contributed by atoms with Crippen LogP contribution in [0.1, 0.15) is 34.8 Å². The Morgan fingerprint density at radius 3 is 2.37 bits per heavy atom. The SMILES string of the molecule is CCCc1ccc(C(=O)c2cc(N)cc(F)c2)cc1. The van der Waals surface area contributed by atoms with Crippen LogP contribution in [-0.4, -0.2) is 5.78 Å². The van der Waals surface area contributed by atoms with Gasteiger partial charge in [0.05, 0.1) is 0 Å². The highest BCUT2D eigenvalue weighted by Gasteiger charge is 2.10. The number of ketones is 1. The molecule has 19 heavy (non-hydrogen) atoms. The van der Waals surface area contributed by atoms with Crippen LogP contribution in [0.3, 0.4) is 0 Å². The summed E-state index contributed by atoms with van der Waals surface area (Å²) in [5, 5.41) is 0. The standard InChI is InChI=1S/C16H16FNO/c1-2-3-11-4-6-12(7-5-11)16(19)13-8-14(17)10-15(18)9-13/h4-10H,2-3,18H2,1H3. The lowest BCUT2D eigenvalue weighted by atomic mass is 10.0. The Hall–Kier alpha value is -2.16. The molecule has 0 heterocycles. The molecular formula is C16H16FNO. The highest BCUT2D eigenvalue weighted by Crippen LogP contribution is 2.16. The first kappa shape index (κ1) is 13.3. The molecule has 0 aromatic heterocycles. The molecule has 3 heteroatoms. The van der Waals surface area contributed by atoms with Crippen molar-refractivity contribution in [1.82, 2.24) is 0 Å². The first-order chi connectivity index (χ1) is 9.10. The molecule has 0 saturated carbocycles. The van der Waals surface area contributed by atoms with Crippen molar-refractivity contribution in [2.75, 3.05) is 5.73 Å². The molecule has 2 aromatic carbocycles. The second-order valence-electron chi connectivity index (χ2n) is 4.55. The summed E-state index contributed by atoms with van der Waals surface area (Å²) < 4.78 is 13.2. The van der Waals surface area contributed by atoms with Crippen LogP contribution in [-0.2, 0) is 6.42 Å². The number of nitrogen functional groups attached to an aromatic ring is 1. The van der Waals surface area contributed by atoms with Crippen LogP contribution in [0, 0.1) is 5.82 Å². The molecule has 0 bridgehead atoms. The maximum atomic E-state index is 13.2. The number of aryl methyl sites for hydroxylation is 1. The molecule has 2 N–H and O–H groups in total. The Balaban J connectivity index is 2.28. The van der Waals surface area contributed by atoms with Gasteiger partial charge in [-0.3, -0.25) is 4.79 Å². The predicted molar refractivity (Wildman–Crippen MR) is 74.7 cm³/mol. The lowest BCUT2D eigenvalue weighted by Gasteiger charge is -2.04. The lowest BCUT2D eigenvalue weighted by molar-refractivity contribution is 0.103. The van der Waals surface area contributed by atoms with E-state index in [-0.39, 0.29) is 17.0 Å². The molecule has 0 saturated heterocycles. The van der Waals surface area contributed by atoms with E-state index in [1.165, 1.54) is 23.8 Å². The second-order valence-corrected chi connectivity index (χ2v) is 4.55. The van der Waals surface area contributed by atoms with Crippen molar-refractivity contribution in [2.24, 2.45) is 0 Å². The predicted octanol–water partition coefficient (Wildman–Crippen LogP) is 3.59. The summed E-state index contributed by atoms with van der Waals surface area (Å²) >= 11 is 0. The largest absolute Gasteiger partial charge is 0.399 e. The zero-order chi connectivity index (χ0) is 13.8. The molecule has 0 unspecified atom stereocenters. The van der Waals surface area contributed by atoms with E-state index in [4.69, 9.17) is 5.73 Å². The van der Waals surface area contributed by atoms with Gasteiger partial charge in [0, 0.05) is 16.8 Å². The molecule has 2 aromatic rings. The van der Waals surface area contributed by atoms with Gasteiger partial charge in [0.25, 0.3) is 0 Å². The topological polar surface area (TPSA) is 43.1 Å². The number of nitrogens with two attached hydrogens (primary N) is 1. The van der Waals surface area contributed by atoms with Crippen LogP contribution in [0.2, 0.25) is 0 Å². The summed E-state index contributed by atoms with van der Waals surface area (Å²) in [6.07, 6.45) is 2.05. The van der Waals surface area contributed by atoms with Gasteiger partial charge in [0.1, 0.15) is 5.82 Å². The third-order valence-corrected chi connectivity index (χ3v) is 2.94. The van der Waals surface area contributed by atoms with Crippen LogP contribution in [0.15, 0.2) is 42.5 Å². The molecule has 2 nitrogen and oxygen atoms in total. The first-order valence-electron chi connectivity index (χ1n) is 6.30. The van der Waals surface area contributed by atoms with E-state index in [2.05, 4.69) is 6.92 Å². The number of rotatable bonds is 4. The fourth-order valence-electron chi connectivity index (χ4n) is 2.02. The molecule has 98 valence electrons. The van der Waals surface area contributed by atoms with Gasteiger partial charge < -0.3 is 5.73 Å². The van der Waals surface area contributed by atoms with E-state index in [9.17, 15) is 9.18 Å². The minimum absolute atomic E-state index is 0.214. The molecular weight excluding hydrogens is 241 g/mol. The summed E-state index contributed by atoms with van der Waals surface area (Å²) in [6, 6.07) is 11.3. The molecule has 0 amide bonds. The van der Waals surface area contributed by atoms with Gasteiger partial charge >= 0.3 is 0 Å². The van der Waals surface area contributed by atoms with Crippen molar-refractivity contribution < 1.29 is 9.18 Å². The van der Waals surface area contributed by atoms with Crippen LogP contribution in [0.5, 0.6) is 0 Å². The zero-order valence-corrected chi connectivity index (χ0v) is 10.8. The molecule has 0 aliphatic heterocycles. The van der Waals surface area contributed by atoms with Crippen molar-refractivity contribution in [2.45, 2.75) is 19.8 Å². The van der Waals surface area contributed by atoms with Crippen LogP contribution >= 0.6 is 0 Å². The minimum atomic E-state index is -0.494. The minimum Gasteiger partial charge on any atom is -0.399 e. The van der Waals surface area contributed by atoms with Crippen molar-refractivity contribution in [3.8, 4) is 0 Å². The normalized spacial score (nSPS) is 10.4. The maximum Gasteiger partial charge on any atom is 0.193 e. The fraction of sp³-hybridized carbons (Fsp3) is 0.188. The van der Waals surface area contributed by atoms with Gasteiger partial charge in [0.15, 0.2) is 5.78 Å². The van der Waals surface area contributed by atoms with Crippen LogP contribution < -0.4 is 5.73 Å². The maximum absolute atomic E-state index is 13.2. The number of halogens is 1. The fourth-order valence-corrected chi connectivity index (χ4v) is 2.02. The van der Waals surface area contributed by atoms with Crippen molar-refractivity contribution in [1.29, 1.82) is 0 Å². The molecule has 0 aliphatic carbocycles.